The summed E-state index contributed by atoms with van der Waals surface area (Å²) in [4.78, 5) is 13.9. The van der Waals surface area contributed by atoms with Gasteiger partial charge in [-0.2, -0.15) is 0 Å². The molecule has 0 spiro atoms. The van der Waals surface area contributed by atoms with Gasteiger partial charge >= 0.3 is 0 Å². The van der Waals surface area contributed by atoms with Crippen molar-refractivity contribution < 1.29 is 22.0 Å². The predicted octanol–water partition coefficient (Wildman–Crippen LogP) is 2.96. The summed E-state index contributed by atoms with van der Waals surface area (Å²) < 4.78 is 50.4. The molecule has 0 aliphatic carbocycles. The Bertz CT molecular complexity index is 733. The molecule has 1 aromatic rings. The second-order valence-corrected chi connectivity index (χ2v) is 10.4. The number of rotatable bonds is 4. The highest BCUT2D eigenvalue weighted by Gasteiger charge is 2.33. The molecule has 0 N–H and O–H groups in total. The van der Waals surface area contributed by atoms with Gasteiger partial charge in [0.2, 0.25) is 5.91 Å². The molecule has 1 fully saturated rings. The Labute approximate surface area is 148 Å². The fourth-order valence-electron chi connectivity index (χ4n) is 2.85. The Morgan fingerprint density at radius 2 is 1.80 bits per heavy atom. The molecule has 2 rings (SSSR count). The zero-order chi connectivity index (χ0) is 18.8. The van der Waals surface area contributed by atoms with Crippen LogP contribution in [-0.4, -0.2) is 42.8 Å². The molecule has 0 radical (unpaired) electrons. The Balaban J connectivity index is 1.90. The third kappa shape index (κ3) is 5.00. The Hall–Kier alpha value is -1.50. The van der Waals surface area contributed by atoms with E-state index in [2.05, 4.69) is 0 Å². The molecule has 0 bridgehead atoms. The van der Waals surface area contributed by atoms with Gasteiger partial charge in [-0.1, -0.05) is 6.07 Å². The highest BCUT2D eigenvalue weighted by Crippen LogP contribution is 2.25. The number of hydrogen-bond acceptors (Lipinski definition) is 3. The van der Waals surface area contributed by atoms with E-state index in [1.807, 2.05) is 0 Å². The average molecular weight is 373 g/mol. The molecule has 25 heavy (non-hydrogen) atoms. The average Bonchev–Trinajstić information content (AvgIpc) is 2.49. The molecule has 4 nitrogen and oxygen atoms in total. The first kappa shape index (κ1) is 19.8. The van der Waals surface area contributed by atoms with E-state index >= 15 is 0 Å². The number of likely N-dealkylation sites (tertiary alicyclic amines) is 1. The van der Waals surface area contributed by atoms with Crippen LogP contribution in [0.4, 0.5) is 8.78 Å². The fourth-order valence-corrected chi connectivity index (χ4v) is 4.30. The van der Waals surface area contributed by atoms with Gasteiger partial charge in [0.25, 0.3) is 0 Å². The zero-order valence-corrected chi connectivity index (χ0v) is 15.7. The van der Waals surface area contributed by atoms with Crippen molar-refractivity contribution in [3.05, 3.63) is 35.4 Å². The van der Waals surface area contributed by atoms with Crippen LogP contribution in [0.2, 0.25) is 0 Å². The van der Waals surface area contributed by atoms with Crippen LogP contribution >= 0.6 is 0 Å². The number of nitrogens with zero attached hydrogens (tertiary/aromatic N) is 1. The van der Waals surface area contributed by atoms with Gasteiger partial charge in [0.1, 0.15) is 11.6 Å². The van der Waals surface area contributed by atoms with Crippen LogP contribution in [0.1, 0.15) is 39.2 Å². The lowest BCUT2D eigenvalue weighted by Gasteiger charge is -2.33. The molecule has 140 valence electrons. The maximum Gasteiger partial charge on any atom is 0.227 e. The standard InChI is InChI=1S/C18H25F2NO3S/c1-18(2,3)25(23,24)12-13-6-8-21(9-7-13)17(22)10-14-4-5-15(19)11-16(14)20/h4-5,11,13H,6-10,12H2,1-3H3. The number of amides is 1. The van der Waals surface area contributed by atoms with Crippen molar-refractivity contribution in [1.82, 2.24) is 4.90 Å². The van der Waals surface area contributed by atoms with Gasteiger partial charge in [-0.15, -0.1) is 0 Å². The molecule has 0 unspecified atom stereocenters. The number of halogens is 2. The molecular weight excluding hydrogens is 348 g/mol. The van der Waals surface area contributed by atoms with Crippen molar-refractivity contribution >= 4 is 15.7 Å². The minimum atomic E-state index is -3.18. The van der Waals surface area contributed by atoms with Crippen LogP contribution in [0, 0.1) is 17.6 Å². The van der Waals surface area contributed by atoms with Crippen LogP contribution in [0.25, 0.3) is 0 Å². The summed E-state index contributed by atoms with van der Waals surface area (Å²) in [6.07, 6.45) is 1.12. The summed E-state index contributed by atoms with van der Waals surface area (Å²) in [6, 6.07) is 3.19. The SMILES string of the molecule is CC(C)(C)S(=O)(=O)CC1CCN(C(=O)Cc2ccc(F)cc2F)CC1. The monoisotopic (exact) mass is 373 g/mol. The molecule has 7 heteroatoms. The third-order valence-electron chi connectivity index (χ3n) is 4.71. The molecule has 1 aliphatic rings. The molecule has 1 amide bonds. The summed E-state index contributed by atoms with van der Waals surface area (Å²) in [7, 11) is -3.18. The number of carbonyl (C=O) groups excluding carboxylic acids is 1. The Morgan fingerprint density at radius 3 is 2.32 bits per heavy atom. The van der Waals surface area contributed by atoms with Gasteiger partial charge in [0, 0.05) is 19.2 Å². The van der Waals surface area contributed by atoms with Gasteiger partial charge in [-0.3, -0.25) is 4.79 Å². The summed E-state index contributed by atoms with van der Waals surface area (Å²) in [5, 5.41) is 0. The molecular formula is C18H25F2NO3S. The van der Waals surface area contributed by atoms with Crippen LogP contribution in [0.15, 0.2) is 18.2 Å². The van der Waals surface area contributed by atoms with E-state index in [1.165, 1.54) is 6.07 Å². The predicted molar refractivity (Wildman–Crippen MR) is 92.9 cm³/mol. The molecule has 0 aromatic heterocycles. The minimum absolute atomic E-state index is 0.0378. The highest BCUT2D eigenvalue weighted by molar-refractivity contribution is 7.92. The van der Waals surface area contributed by atoms with Gasteiger partial charge in [0.15, 0.2) is 9.84 Å². The lowest BCUT2D eigenvalue weighted by molar-refractivity contribution is -0.131. The zero-order valence-electron chi connectivity index (χ0n) is 14.9. The second kappa shape index (κ2) is 7.40. The molecule has 1 saturated heterocycles. The topological polar surface area (TPSA) is 54.5 Å². The molecule has 1 aromatic carbocycles. The first-order valence-corrected chi connectivity index (χ1v) is 10.1. The molecule has 1 heterocycles. The van der Waals surface area contributed by atoms with Crippen LogP contribution in [0.5, 0.6) is 0 Å². The van der Waals surface area contributed by atoms with E-state index in [1.54, 1.807) is 25.7 Å². The quantitative estimate of drug-likeness (QED) is 0.815. The minimum Gasteiger partial charge on any atom is -0.342 e. The second-order valence-electron chi connectivity index (χ2n) is 7.63. The van der Waals surface area contributed by atoms with Gasteiger partial charge in [-0.25, -0.2) is 17.2 Å². The lowest BCUT2D eigenvalue weighted by atomic mass is 9.98. The maximum absolute atomic E-state index is 13.7. The van der Waals surface area contributed by atoms with E-state index in [0.717, 1.165) is 12.1 Å². The maximum atomic E-state index is 13.7. The molecule has 1 aliphatic heterocycles. The molecule has 0 saturated carbocycles. The normalized spacial score (nSPS) is 16.9. The number of piperidine rings is 1. The van der Waals surface area contributed by atoms with Gasteiger partial charge < -0.3 is 4.90 Å². The van der Waals surface area contributed by atoms with Crippen molar-refractivity contribution in [3.8, 4) is 0 Å². The number of hydrogen-bond donors (Lipinski definition) is 0. The first-order valence-electron chi connectivity index (χ1n) is 8.43. The van der Waals surface area contributed by atoms with Crippen LogP contribution < -0.4 is 0 Å². The van der Waals surface area contributed by atoms with Crippen molar-refractivity contribution in [1.29, 1.82) is 0 Å². The van der Waals surface area contributed by atoms with Crippen LogP contribution in [0.3, 0.4) is 0 Å². The van der Waals surface area contributed by atoms with Gasteiger partial charge in [0.05, 0.1) is 16.9 Å². The van der Waals surface area contributed by atoms with Crippen molar-refractivity contribution in [2.24, 2.45) is 5.92 Å². The lowest BCUT2D eigenvalue weighted by Crippen LogP contribution is -2.42. The smallest absolute Gasteiger partial charge is 0.227 e. The van der Waals surface area contributed by atoms with E-state index < -0.39 is 26.2 Å². The van der Waals surface area contributed by atoms with E-state index in [9.17, 15) is 22.0 Å². The Kier molecular flexibility index (Phi) is 5.86. The summed E-state index contributed by atoms with van der Waals surface area (Å²) in [6.45, 7) is 6.01. The summed E-state index contributed by atoms with van der Waals surface area (Å²) in [5.41, 5.74) is 0.170. The third-order valence-corrected chi connectivity index (χ3v) is 7.49. The first-order chi connectivity index (χ1) is 11.5. The van der Waals surface area contributed by atoms with E-state index in [4.69, 9.17) is 0 Å². The number of benzene rings is 1. The fraction of sp³-hybridized carbons (Fsp3) is 0.611. The summed E-state index contributed by atoms with van der Waals surface area (Å²) >= 11 is 0. The highest BCUT2D eigenvalue weighted by atomic mass is 32.2. The summed E-state index contributed by atoms with van der Waals surface area (Å²) in [5.74, 6) is -1.45. The van der Waals surface area contributed by atoms with Gasteiger partial charge in [-0.05, 0) is 51.2 Å². The van der Waals surface area contributed by atoms with Crippen LogP contribution in [-0.2, 0) is 21.1 Å². The molecule has 0 atom stereocenters. The van der Waals surface area contributed by atoms with Crippen molar-refractivity contribution in [3.63, 3.8) is 0 Å². The number of sulfone groups is 1. The largest absolute Gasteiger partial charge is 0.342 e. The van der Waals surface area contributed by atoms with Crippen molar-refractivity contribution in [2.45, 2.75) is 44.8 Å². The van der Waals surface area contributed by atoms with E-state index in [-0.39, 0.29) is 29.6 Å². The van der Waals surface area contributed by atoms with E-state index in [0.29, 0.717) is 25.9 Å². The van der Waals surface area contributed by atoms with Crippen molar-refractivity contribution in [2.75, 3.05) is 18.8 Å². The number of carbonyl (C=O) groups is 1. The Morgan fingerprint density at radius 1 is 1.20 bits per heavy atom.